The molecule has 2 heteroatoms. The van der Waals surface area contributed by atoms with Gasteiger partial charge in [-0.1, -0.05) is 56.2 Å². The zero-order valence-corrected chi connectivity index (χ0v) is 17.7. The topological polar surface area (TPSA) is 21.6 Å². The lowest BCUT2D eigenvalue weighted by molar-refractivity contribution is 0.174. The predicted octanol–water partition coefficient (Wildman–Crippen LogP) is 6.09. The Bertz CT molecular complexity index is 979. The molecule has 0 saturated heterocycles. The molecule has 2 aromatic rings. The maximum atomic E-state index is 5.78. The van der Waals surface area contributed by atoms with Gasteiger partial charge >= 0.3 is 0 Å². The highest BCUT2D eigenvalue weighted by Gasteiger charge is 2.56. The van der Waals surface area contributed by atoms with Gasteiger partial charge in [0.15, 0.2) is 0 Å². The molecule has 1 aliphatic carbocycles. The van der Waals surface area contributed by atoms with E-state index in [2.05, 4.69) is 71.9 Å². The number of hydrogen-bond acceptors (Lipinski definition) is 2. The molecule has 1 heterocycles. The van der Waals surface area contributed by atoms with Crippen LogP contribution in [0.4, 0.5) is 0 Å². The van der Waals surface area contributed by atoms with Crippen LogP contribution in [0, 0.1) is 6.92 Å². The molecule has 0 amide bonds. The first kappa shape index (κ1) is 18.4. The van der Waals surface area contributed by atoms with E-state index < -0.39 is 0 Å². The van der Waals surface area contributed by atoms with Crippen molar-refractivity contribution in [2.24, 2.45) is 4.99 Å². The Balaban J connectivity index is 2.06. The number of benzene rings is 2. The Morgan fingerprint density at radius 3 is 2.63 bits per heavy atom. The molecule has 1 saturated carbocycles. The summed E-state index contributed by atoms with van der Waals surface area (Å²) >= 11 is 0. The molecule has 2 aliphatic rings. The molecule has 1 fully saturated rings. The van der Waals surface area contributed by atoms with Crippen molar-refractivity contribution in [3.05, 3.63) is 58.2 Å². The highest BCUT2D eigenvalue weighted by atomic mass is 16.5. The quantitative estimate of drug-likeness (QED) is 0.604. The van der Waals surface area contributed by atoms with Crippen LogP contribution in [0.5, 0.6) is 0 Å². The van der Waals surface area contributed by atoms with Gasteiger partial charge in [0.1, 0.15) is 0 Å². The van der Waals surface area contributed by atoms with E-state index in [-0.39, 0.29) is 17.6 Å². The molecule has 27 heavy (non-hydrogen) atoms. The van der Waals surface area contributed by atoms with Crippen molar-refractivity contribution in [2.75, 3.05) is 7.11 Å². The first-order chi connectivity index (χ1) is 12.8. The molecular formula is C25H31NO. The first-order valence-electron chi connectivity index (χ1n) is 10.1. The van der Waals surface area contributed by atoms with Crippen LogP contribution in [0.2, 0.25) is 0 Å². The van der Waals surface area contributed by atoms with Crippen molar-refractivity contribution in [3.8, 4) is 0 Å². The summed E-state index contributed by atoms with van der Waals surface area (Å²) in [6.07, 6.45) is 3.64. The largest absolute Gasteiger partial charge is 0.378 e. The van der Waals surface area contributed by atoms with Gasteiger partial charge in [0.25, 0.3) is 0 Å². The molecular weight excluding hydrogens is 330 g/mol. The number of allylic oxidation sites excluding steroid dienone is 2. The monoisotopic (exact) mass is 361 g/mol. The van der Waals surface area contributed by atoms with Crippen molar-refractivity contribution < 1.29 is 4.74 Å². The summed E-state index contributed by atoms with van der Waals surface area (Å²) in [4.78, 5) is 5.03. The number of ether oxygens (including phenoxy) is 1. The van der Waals surface area contributed by atoms with Crippen molar-refractivity contribution in [1.82, 2.24) is 0 Å². The fourth-order valence-electron chi connectivity index (χ4n) is 4.89. The molecule has 4 rings (SSSR count). The van der Waals surface area contributed by atoms with Gasteiger partial charge in [0.05, 0.1) is 12.1 Å². The van der Waals surface area contributed by atoms with Gasteiger partial charge in [0, 0.05) is 29.7 Å². The number of methoxy groups -OCH3 is 1. The normalized spacial score (nSPS) is 24.5. The molecule has 2 nitrogen and oxygen atoms in total. The zero-order chi connectivity index (χ0) is 19.5. The van der Waals surface area contributed by atoms with E-state index in [0.29, 0.717) is 5.92 Å². The fraction of sp³-hybridized carbons (Fsp3) is 0.480. The van der Waals surface area contributed by atoms with E-state index >= 15 is 0 Å². The second-order valence-electron chi connectivity index (χ2n) is 8.79. The number of rotatable bonds is 4. The Morgan fingerprint density at radius 1 is 1.22 bits per heavy atom. The Morgan fingerprint density at radius 2 is 1.96 bits per heavy atom. The lowest BCUT2D eigenvalue weighted by Gasteiger charge is -2.32. The zero-order valence-electron chi connectivity index (χ0n) is 17.7. The van der Waals surface area contributed by atoms with E-state index in [0.717, 1.165) is 6.42 Å². The third-order valence-electron chi connectivity index (χ3n) is 6.73. The summed E-state index contributed by atoms with van der Waals surface area (Å²) < 4.78 is 5.78. The van der Waals surface area contributed by atoms with Gasteiger partial charge in [-0.25, -0.2) is 0 Å². The van der Waals surface area contributed by atoms with Gasteiger partial charge < -0.3 is 4.74 Å². The van der Waals surface area contributed by atoms with Gasteiger partial charge in [-0.3, -0.25) is 4.99 Å². The minimum absolute atomic E-state index is 0.0287. The van der Waals surface area contributed by atoms with Crippen LogP contribution in [-0.4, -0.2) is 25.0 Å². The number of nitrogens with zero attached hydrogens (tertiary/aromatic N) is 1. The number of aryl methyl sites for hydroxylation is 1. The highest BCUT2D eigenvalue weighted by molar-refractivity contribution is 6.08. The summed E-state index contributed by atoms with van der Waals surface area (Å²) in [7, 11) is 1.82. The molecule has 0 spiro atoms. The fourth-order valence-corrected chi connectivity index (χ4v) is 4.89. The average molecular weight is 362 g/mol. The first-order valence-corrected chi connectivity index (χ1v) is 10.1. The molecule has 142 valence electrons. The maximum Gasteiger partial charge on any atom is 0.0892 e. The van der Waals surface area contributed by atoms with E-state index in [4.69, 9.17) is 9.73 Å². The van der Waals surface area contributed by atoms with E-state index in [1.165, 1.54) is 44.3 Å². The smallest absolute Gasteiger partial charge is 0.0892 e. The lowest BCUT2D eigenvalue weighted by atomic mass is 9.72. The van der Waals surface area contributed by atoms with Crippen LogP contribution < -0.4 is 0 Å². The van der Waals surface area contributed by atoms with Crippen LogP contribution in [-0.2, 0) is 10.2 Å². The van der Waals surface area contributed by atoms with Gasteiger partial charge in [0.2, 0.25) is 0 Å². The van der Waals surface area contributed by atoms with E-state index in [1.807, 2.05) is 7.11 Å². The number of aliphatic imine (C=N–C) groups is 1. The van der Waals surface area contributed by atoms with Gasteiger partial charge in [-0.15, -0.1) is 0 Å². The predicted molar refractivity (Wildman–Crippen MR) is 115 cm³/mol. The third-order valence-corrected chi connectivity index (χ3v) is 6.73. The Kier molecular flexibility index (Phi) is 4.31. The Labute approximate surface area is 163 Å². The van der Waals surface area contributed by atoms with Crippen molar-refractivity contribution in [1.29, 1.82) is 0 Å². The van der Waals surface area contributed by atoms with Crippen LogP contribution in [0.1, 0.15) is 69.2 Å². The summed E-state index contributed by atoms with van der Waals surface area (Å²) in [5.74, 6) is 0.394. The summed E-state index contributed by atoms with van der Waals surface area (Å²) in [5, 5.41) is 2.72. The lowest BCUT2D eigenvalue weighted by Crippen LogP contribution is -2.25. The number of hydrogen-bond donors (Lipinski definition) is 0. The standard InChI is InChI=1S/C25H31NO/c1-8-9-15(3)25(5,6)19-13-17-12-14(2)10-11-18(17)21-20(19)16(4)26-23-22(21)24(23)27-7/h9-13,22-24H,8H2,1-7H3/b15-9+. The molecule has 1 aliphatic heterocycles. The van der Waals surface area contributed by atoms with Crippen LogP contribution in [0.15, 0.2) is 40.9 Å². The van der Waals surface area contributed by atoms with Gasteiger partial charge in [-0.2, -0.15) is 0 Å². The molecule has 3 atom stereocenters. The minimum Gasteiger partial charge on any atom is -0.378 e. The molecule has 2 aromatic carbocycles. The molecule has 0 N–H and O–H groups in total. The van der Waals surface area contributed by atoms with Crippen molar-refractivity contribution >= 4 is 16.5 Å². The second-order valence-corrected chi connectivity index (χ2v) is 8.79. The van der Waals surface area contributed by atoms with Crippen molar-refractivity contribution in [2.45, 2.75) is 71.4 Å². The minimum atomic E-state index is -0.0287. The molecule has 0 aromatic heterocycles. The van der Waals surface area contributed by atoms with Crippen LogP contribution in [0.3, 0.4) is 0 Å². The molecule has 3 unspecified atom stereocenters. The third kappa shape index (κ3) is 2.69. The second kappa shape index (κ2) is 6.31. The van der Waals surface area contributed by atoms with E-state index in [1.54, 1.807) is 0 Å². The Hall–Kier alpha value is -1.93. The van der Waals surface area contributed by atoms with Crippen LogP contribution >= 0.6 is 0 Å². The number of fused-ring (bicyclic) bond motifs is 5. The van der Waals surface area contributed by atoms with Crippen molar-refractivity contribution in [3.63, 3.8) is 0 Å². The SMILES string of the molecule is CC/C=C(\C)C(C)(C)c1cc2cc(C)ccc2c2c1C(C)=NC1C(OC)C21. The highest BCUT2D eigenvalue weighted by Crippen LogP contribution is 2.54. The molecule has 0 bridgehead atoms. The average Bonchev–Trinajstić information content (AvgIpc) is 3.33. The maximum absolute atomic E-state index is 5.78. The summed E-state index contributed by atoms with van der Waals surface area (Å²) in [6, 6.07) is 9.56. The van der Waals surface area contributed by atoms with Crippen LogP contribution in [0.25, 0.3) is 10.8 Å². The molecule has 0 radical (unpaired) electrons. The summed E-state index contributed by atoms with van der Waals surface area (Å²) in [5.41, 5.74) is 8.10. The van der Waals surface area contributed by atoms with E-state index in [9.17, 15) is 0 Å². The summed E-state index contributed by atoms with van der Waals surface area (Å²) in [6.45, 7) is 13.5. The van der Waals surface area contributed by atoms with Gasteiger partial charge in [-0.05, 0) is 55.2 Å².